The van der Waals surface area contributed by atoms with Crippen molar-refractivity contribution in [2.75, 3.05) is 19.6 Å². The van der Waals surface area contributed by atoms with E-state index in [4.69, 9.17) is 0 Å². The smallest absolute Gasteiger partial charge is 0.255 e. The number of nitrogens with zero attached hydrogens (tertiary/aromatic N) is 4. The SMILES string of the molecule is O=C(c1ccc(-n2ncc3c2CCNC3)nc1)N1CCC(F)(F)CC1. The average molecular weight is 347 g/mol. The molecule has 6 nitrogen and oxygen atoms in total. The van der Waals surface area contributed by atoms with Gasteiger partial charge in [-0.1, -0.05) is 0 Å². The summed E-state index contributed by atoms with van der Waals surface area (Å²) in [6.45, 7) is 1.85. The van der Waals surface area contributed by atoms with Crippen LogP contribution < -0.4 is 5.32 Å². The number of piperidine rings is 1. The lowest BCUT2D eigenvalue weighted by molar-refractivity contribution is -0.0494. The Bertz CT molecular complexity index is 777. The summed E-state index contributed by atoms with van der Waals surface area (Å²) in [4.78, 5) is 18.3. The molecule has 4 heterocycles. The summed E-state index contributed by atoms with van der Waals surface area (Å²) in [5.41, 5.74) is 2.70. The van der Waals surface area contributed by atoms with Crippen LogP contribution in [0.1, 0.15) is 34.5 Å². The second-order valence-corrected chi connectivity index (χ2v) is 6.51. The van der Waals surface area contributed by atoms with Gasteiger partial charge in [0, 0.05) is 57.2 Å². The van der Waals surface area contributed by atoms with Crippen LogP contribution in [0.2, 0.25) is 0 Å². The number of carbonyl (C=O) groups excluding carboxylic acids is 1. The lowest BCUT2D eigenvalue weighted by Crippen LogP contribution is -2.42. The molecule has 2 aliphatic heterocycles. The van der Waals surface area contributed by atoms with Crippen molar-refractivity contribution in [2.45, 2.75) is 31.7 Å². The van der Waals surface area contributed by atoms with Crippen molar-refractivity contribution in [2.24, 2.45) is 0 Å². The number of halogens is 2. The topological polar surface area (TPSA) is 63.1 Å². The minimum atomic E-state index is -2.66. The Morgan fingerprint density at radius 1 is 1.20 bits per heavy atom. The Labute approximate surface area is 143 Å². The molecule has 2 aliphatic rings. The van der Waals surface area contributed by atoms with E-state index in [0.717, 1.165) is 30.8 Å². The minimum Gasteiger partial charge on any atom is -0.338 e. The van der Waals surface area contributed by atoms with E-state index in [2.05, 4.69) is 15.4 Å². The summed E-state index contributed by atoms with van der Waals surface area (Å²) >= 11 is 0. The largest absolute Gasteiger partial charge is 0.338 e. The first kappa shape index (κ1) is 16.1. The second kappa shape index (κ2) is 6.18. The van der Waals surface area contributed by atoms with Crippen LogP contribution in [0.4, 0.5) is 8.78 Å². The number of alkyl halides is 2. The summed E-state index contributed by atoms with van der Waals surface area (Å²) in [6.07, 6.45) is 3.64. The molecule has 1 fully saturated rings. The molecular formula is C17H19F2N5O. The highest BCUT2D eigenvalue weighted by Gasteiger charge is 2.35. The third kappa shape index (κ3) is 3.13. The molecule has 132 valence electrons. The molecule has 25 heavy (non-hydrogen) atoms. The number of fused-ring (bicyclic) bond motifs is 1. The number of carbonyl (C=O) groups is 1. The molecule has 0 saturated carbocycles. The zero-order valence-corrected chi connectivity index (χ0v) is 13.7. The quantitative estimate of drug-likeness (QED) is 0.900. The van der Waals surface area contributed by atoms with Gasteiger partial charge in [0.05, 0.1) is 17.5 Å². The predicted octanol–water partition coefficient (Wildman–Crippen LogP) is 1.78. The Balaban J connectivity index is 1.51. The van der Waals surface area contributed by atoms with Crippen LogP contribution in [0.3, 0.4) is 0 Å². The van der Waals surface area contributed by atoms with Crippen molar-refractivity contribution in [3.05, 3.63) is 41.3 Å². The van der Waals surface area contributed by atoms with Gasteiger partial charge in [0.2, 0.25) is 0 Å². The van der Waals surface area contributed by atoms with Crippen LogP contribution in [0.15, 0.2) is 24.5 Å². The molecule has 0 aromatic carbocycles. The van der Waals surface area contributed by atoms with Gasteiger partial charge in [-0.15, -0.1) is 0 Å². The zero-order valence-electron chi connectivity index (χ0n) is 13.7. The van der Waals surface area contributed by atoms with Crippen molar-refractivity contribution in [1.29, 1.82) is 0 Å². The number of rotatable bonds is 2. The van der Waals surface area contributed by atoms with Gasteiger partial charge in [-0.2, -0.15) is 5.10 Å². The lowest BCUT2D eigenvalue weighted by Gasteiger charge is -2.31. The molecule has 1 N–H and O–H groups in total. The molecule has 2 aromatic heterocycles. The maximum absolute atomic E-state index is 13.2. The number of pyridine rings is 1. The lowest BCUT2D eigenvalue weighted by atomic mass is 10.1. The van der Waals surface area contributed by atoms with Crippen LogP contribution in [-0.4, -0.2) is 51.1 Å². The van der Waals surface area contributed by atoms with E-state index >= 15 is 0 Å². The number of likely N-dealkylation sites (tertiary alicyclic amines) is 1. The highest BCUT2D eigenvalue weighted by atomic mass is 19.3. The van der Waals surface area contributed by atoms with E-state index in [0.29, 0.717) is 11.4 Å². The summed E-state index contributed by atoms with van der Waals surface area (Å²) in [7, 11) is 0. The van der Waals surface area contributed by atoms with Crippen LogP contribution in [0.25, 0.3) is 5.82 Å². The van der Waals surface area contributed by atoms with E-state index in [9.17, 15) is 13.6 Å². The summed E-state index contributed by atoms with van der Waals surface area (Å²) < 4.78 is 28.3. The van der Waals surface area contributed by atoms with Crippen molar-refractivity contribution < 1.29 is 13.6 Å². The van der Waals surface area contributed by atoms with Gasteiger partial charge in [-0.05, 0) is 12.1 Å². The van der Waals surface area contributed by atoms with Crippen LogP contribution >= 0.6 is 0 Å². The van der Waals surface area contributed by atoms with Gasteiger partial charge < -0.3 is 10.2 Å². The first-order valence-corrected chi connectivity index (χ1v) is 8.43. The Kier molecular flexibility index (Phi) is 3.99. The molecule has 8 heteroatoms. The molecule has 4 rings (SSSR count). The van der Waals surface area contributed by atoms with Crippen molar-refractivity contribution in [1.82, 2.24) is 25.0 Å². The van der Waals surface area contributed by atoms with Crippen LogP contribution in [0, 0.1) is 0 Å². The van der Waals surface area contributed by atoms with Gasteiger partial charge in [0.25, 0.3) is 11.8 Å². The minimum absolute atomic E-state index is 0.0766. The third-order valence-electron chi connectivity index (χ3n) is 4.80. The first-order valence-electron chi connectivity index (χ1n) is 8.43. The Morgan fingerprint density at radius 2 is 2.00 bits per heavy atom. The van der Waals surface area contributed by atoms with Gasteiger partial charge >= 0.3 is 0 Å². The molecular weight excluding hydrogens is 328 g/mol. The molecule has 2 aromatic rings. The van der Waals surface area contributed by atoms with Crippen LogP contribution in [0.5, 0.6) is 0 Å². The second-order valence-electron chi connectivity index (χ2n) is 6.51. The fourth-order valence-electron chi connectivity index (χ4n) is 3.31. The third-order valence-corrected chi connectivity index (χ3v) is 4.80. The fourth-order valence-corrected chi connectivity index (χ4v) is 3.31. The molecule has 0 aliphatic carbocycles. The van der Waals surface area contributed by atoms with Crippen LogP contribution in [-0.2, 0) is 13.0 Å². The molecule has 0 atom stereocenters. The Morgan fingerprint density at radius 3 is 2.72 bits per heavy atom. The monoisotopic (exact) mass is 347 g/mol. The fraction of sp³-hybridized carbons (Fsp3) is 0.471. The van der Waals surface area contributed by atoms with Crippen molar-refractivity contribution in [3.63, 3.8) is 0 Å². The highest BCUT2D eigenvalue weighted by Crippen LogP contribution is 2.28. The number of amides is 1. The van der Waals surface area contributed by atoms with E-state index in [1.165, 1.54) is 11.1 Å². The highest BCUT2D eigenvalue weighted by molar-refractivity contribution is 5.94. The van der Waals surface area contributed by atoms with E-state index < -0.39 is 5.92 Å². The van der Waals surface area contributed by atoms with Gasteiger partial charge in [0.15, 0.2) is 5.82 Å². The molecule has 1 saturated heterocycles. The molecule has 1 amide bonds. The summed E-state index contributed by atoms with van der Waals surface area (Å²) in [5, 5.41) is 7.68. The predicted molar refractivity (Wildman–Crippen MR) is 86.9 cm³/mol. The molecule has 0 bridgehead atoms. The summed E-state index contributed by atoms with van der Waals surface area (Å²) in [6, 6.07) is 3.44. The molecule has 0 spiro atoms. The maximum Gasteiger partial charge on any atom is 0.255 e. The number of aromatic nitrogens is 3. The number of nitrogens with one attached hydrogen (secondary N) is 1. The van der Waals surface area contributed by atoms with E-state index in [-0.39, 0.29) is 31.8 Å². The normalized spacial score (nSPS) is 19.5. The number of hydrogen-bond acceptors (Lipinski definition) is 4. The van der Waals surface area contributed by atoms with Gasteiger partial charge in [0.1, 0.15) is 0 Å². The van der Waals surface area contributed by atoms with Crippen molar-refractivity contribution in [3.8, 4) is 5.82 Å². The molecule has 0 unspecified atom stereocenters. The molecule has 0 radical (unpaired) electrons. The Hall–Kier alpha value is -2.35. The first-order chi connectivity index (χ1) is 12.0. The van der Waals surface area contributed by atoms with E-state index in [1.54, 1.807) is 16.8 Å². The zero-order chi connectivity index (χ0) is 17.4. The van der Waals surface area contributed by atoms with Gasteiger partial charge in [-0.3, -0.25) is 4.79 Å². The number of hydrogen-bond donors (Lipinski definition) is 1. The van der Waals surface area contributed by atoms with Crippen molar-refractivity contribution >= 4 is 5.91 Å². The summed E-state index contributed by atoms with van der Waals surface area (Å²) in [5.74, 6) is -2.25. The average Bonchev–Trinajstić information content (AvgIpc) is 3.05. The van der Waals surface area contributed by atoms with E-state index in [1.807, 2.05) is 6.20 Å². The van der Waals surface area contributed by atoms with Gasteiger partial charge in [-0.25, -0.2) is 18.4 Å². The standard InChI is InChI=1S/C17H19F2N5O/c18-17(19)4-7-23(8-5-17)16(25)12-1-2-15(21-10-12)24-14-3-6-20-9-13(14)11-22-24/h1-2,10-11,20H,3-9H2. The maximum atomic E-state index is 13.2.